The summed E-state index contributed by atoms with van der Waals surface area (Å²) in [6, 6.07) is 24.0. The summed E-state index contributed by atoms with van der Waals surface area (Å²) >= 11 is 5.29. The molecule has 3 N–H and O–H groups in total. The molecule has 0 unspecified atom stereocenters. The lowest BCUT2D eigenvalue weighted by molar-refractivity contribution is -0.116. The van der Waals surface area contributed by atoms with Crippen LogP contribution in [0.25, 0.3) is 0 Å². The maximum absolute atomic E-state index is 12.5. The minimum atomic E-state index is -0.314. The number of ether oxygens (including phenoxy) is 1. The molecule has 3 aromatic carbocycles. The van der Waals surface area contributed by atoms with Crippen LogP contribution in [0, 0.1) is 0 Å². The number of hydrogen-bond acceptors (Lipinski definition) is 4. The zero-order valence-electron chi connectivity index (χ0n) is 19.9. The number of thiocarbonyl (C=S) groups is 1. The van der Waals surface area contributed by atoms with E-state index in [1.807, 2.05) is 36.4 Å². The van der Waals surface area contributed by atoms with Gasteiger partial charge in [0.1, 0.15) is 5.75 Å². The number of rotatable bonds is 11. The molecule has 6 nitrogen and oxygen atoms in total. The molecule has 3 aromatic rings. The molecule has 0 aromatic heterocycles. The standard InChI is InChI=1S/C28H31N3O3S/c1-2-3-7-19-34-25-16-14-22(15-17-25)27(33)31-28(35)30-24-12-8-11-23(20-24)29-26(32)18-13-21-9-5-4-6-10-21/h4-6,8-12,14-17,20H,2-3,7,13,18-19H2,1H3,(H,29,32)(H2,30,31,33,35). The van der Waals surface area contributed by atoms with E-state index < -0.39 is 0 Å². The molecule has 0 fully saturated rings. The molecule has 0 radical (unpaired) electrons. The van der Waals surface area contributed by atoms with Gasteiger partial charge in [-0.1, -0.05) is 56.2 Å². The Morgan fingerprint density at radius 1 is 0.857 bits per heavy atom. The predicted molar refractivity (Wildman–Crippen MR) is 145 cm³/mol. The topological polar surface area (TPSA) is 79.5 Å². The van der Waals surface area contributed by atoms with Crippen LogP contribution >= 0.6 is 12.2 Å². The second-order valence-corrected chi connectivity index (χ2v) is 8.51. The highest BCUT2D eigenvalue weighted by Gasteiger charge is 2.09. The third kappa shape index (κ3) is 9.22. The van der Waals surface area contributed by atoms with Gasteiger partial charge in [-0.3, -0.25) is 14.9 Å². The van der Waals surface area contributed by atoms with Gasteiger partial charge in [-0.25, -0.2) is 0 Å². The summed E-state index contributed by atoms with van der Waals surface area (Å²) in [5.74, 6) is 0.353. The van der Waals surface area contributed by atoms with Crippen LogP contribution in [0.5, 0.6) is 5.75 Å². The van der Waals surface area contributed by atoms with E-state index in [0.717, 1.165) is 30.6 Å². The van der Waals surface area contributed by atoms with Crippen molar-refractivity contribution in [3.8, 4) is 5.75 Å². The number of benzene rings is 3. The average Bonchev–Trinajstić information content (AvgIpc) is 2.86. The smallest absolute Gasteiger partial charge is 0.257 e. The highest BCUT2D eigenvalue weighted by atomic mass is 32.1. The molecule has 0 heterocycles. The third-order valence-electron chi connectivity index (χ3n) is 5.25. The molecule has 0 saturated heterocycles. The molecule has 3 rings (SSSR count). The number of hydrogen-bond donors (Lipinski definition) is 3. The van der Waals surface area contributed by atoms with E-state index in [1.165, 1.54) is 0 Å². The first-order chi connectivity index (χ1) is 17.0. The van der Waals surface area contributed by atoms with Gasteiger partial charge in [-0.05, 0) is 73.1 Å². The summed E-state index contributed by atoms with van der Waals surface area (Å²) in [4.78, 5) is 24.8. The van der Waals surface area contributed by atoms with E-state index in [0.29, 0.717) is 36.4 Å². The van der Waals surface area contributed by atoms with Crippen molar-refractivity contribution < 1.29 is 14.3 Å². The van der Waals surface area contributed by atoms with Crippen molar-refractivity contribution in [3.05, 3.63) is 90.0 Å². The number of carbonyl (C=O) groups excluding carboxylic acids is 2. The Kier molecular flexibility index (Phi) is 10.3. The van der Waals surface area contributed by atoms with E-state index in [1.54, 1.807) is 42.5 Å². The van der Waals surface area contributed by atoms with Crippen LogP contribution in [-0.4, -0.2) is 23.5 Å². The van der Waals surface area contributed by atoms with E-state index in [2.05, 4.69) is 22.9 Å². The van der Waals surface area contributed by atoms with Crippen LogP contribution < -0.4 is 20.7 Å². The van der Waals surface area contributed by atoms with Crippen molar-refractivity contribution in [1.29, 1.82) is 0 Å². The molecule has 182 valence electrons. The summed E-state index contributed by atoms with van der Waals surface area (Å²) in [5, 5.41) is 8.73. The van der Waals surface area contributed by atoms with E-state index in [4.69, 9.17) is 17.0 Å². The van der Waals surface area contributed by atoms with Crippen molar-refractivity contribution in [3.63, 3.8) is 0 Å². The van der Waals surface area contributed by atoms with Gasteiger partial charge in [0.2, 0.25) is 5.91 Å². The molecular formula is C28H31N3O3S. The number of aryl methyl sites for hydroxylation is 1. The molecule has 0 aliphatic rings. The number of unbranched alkanes of at least 4 members (excludes halogenated alkanes) is 2. The van der Waals surface area contributed by atoms with Gasteiger partial charge in [0.05, 0.1) is 6.61 Å². The first-order valence-electron chi connectivity index (χ1n) is 11.8. The van der Waals surface area contributed by atoms with Crippen LogP contribution in [0.15, 0.2) is 78.9 Å². The Bertz CT molecular complexity index is 1120. The molecule has 0 bridgehead atoms. The lowest BCUT2D eigenvalue weighted by atomic mass is 10.1. The first kappa shape index (κ1) is 25.9. The SMILES string of the molecule is CCCCCOc1ccc(C(=O)NC(=S)Nc2cccc(NC(=O)CCc3ccccc3)c2)cc1. The number of nitrogens with one attached hydrogen (secondary N) is 3. The lowest BCUT2D eigenvalue weighted by Crippen LogP contribution is -2.34. The Labute approximate surface area is 212 Å². The van der Waals surface area contributed by atoms with Crippen LogP contribution in [0.3, 0.4) is 0 Å². The molecule has 0 saturated carbocycles. The van der Waals surface area contributed by atoms with Crippen molar-refractivity contribution in [2.45, 2.75) is 39.0 Å². The zero-order chi connectivity index (χ0) is 24.9. The molecule has 7 heteroatoms. The van der Waals surface area contributed by atoms with Crippen LogP contribution in [-0.2, 0) is 11.2 Å². The summed E-state index contributed by atoms with van der Waals surface area (Å²) in [5.41, 5.74) is 2.91. The third-order valence-corrected chi connectivity index (χ3v) is 5.45. The fourth-order valence-corrected chi connectivity index (χ4v) is 3.59. The fourth-order valence-electron chi connectivity index (χ4n) is 3.38. The maximum Gasteiger partial charge on any atom is 0.257 e. The van der Waals surface area contributed by atoms with Gasteiger partial charge >= 0.3 is 0 Å². The molecule has 0 spiro atoms. The molecular weight excluding hydrogens is 458 g/mol. The molecule has 2 amide bonds. The number of amides is 2. The number of carbonyl (C=O) groups is 2. The van der Waals surface area contributed by atoms with Crippen LogP contribution in [0.1, 0.15) is 48.5 Å². The summed E-state index contributed by atoms with van der Waals surface area (Å²) < 4.78 is 5.68. The average molecular weight is 490 g/mol. The Balaban J connectivity index is 1.46. The van der Waals surface area contributed by atoms with Crippen molar-refractivity contribution in [1.82, 2.24) is 5.32 Å². The maximum atomic E-state index is 12.5. The summed E-state index contributed by atoms with van der Waals surface area (Å²) in [7, 11) is 0. The fraction of sp³-hybridized carbons (Fsp3) is 0.250. The summed E-state index contributed by atoms with van der Waals surface area (Å²) in [6.07, 6.45) is 4.35. The second-order valence-electron chi connectivity index (χ2n) is 8.10. The normalized spacial score (nSPS) is 10.3. The van der Waals surface area contributed by atoms with Crippen LogP contribution in [0.4, 0.5) is 11.4 Å². The van der Waals surface area contributed by atoms with Gasteiger partial charge in [0.15, 0.2) is 5.11 Å². The van der Waals surface area contributed by atoms with Crippen LogP contribution in [0.2, 0.25) is 0 Å². The predicted octanol–water partition coefficient (Wildman–Crippen LogP) is 5.95. The van der Waals surface area contributed by atoms with E-state index in [-0.39, 0.29) is 16.9 Å². The number of anilines is 2. The highest BCUT2D eigenvalue weighted by Crippen LogP contribution is 2.16. The monoisotopic (exact) mass is 489 g/mol. The highest BCUT2D eigenvalue weighted by molar-refractivity contribution is 7.80. The van der Waals surface area contributed by atoms with Gasteiger partial charge in [0, 0.05) is 23.4 Å². The lowest BCUT2D eigenvalue weighted by Gasteiger charge is -2.12. The Hall–Kier alpha value is -3.71. The van der Waals surface area contributed by atoms with Crippen molar-refractivity contribution >= 4 is 40.5 Å². The molecule has 35 heavy (non-hydrogen) atoms. The minimum Gasteiger partial charge on any atom is -0.494 e. The Morgan fingerprint density at radius 3 is 2.29 bits per heavy atom. The van der Waals surface area contributed by atoms with E-state index >= 15 is 0 Å². The first-order valence-corrected chi connectivity index (χ1v) is 12.2. The van der Waals surface area contributed by atoms with E-state index in [9.17, 15) is 9.59 Å². The minimum absolute atomic E-state index is 0.0697. The largest absolute Gasteiger partial charge is 0.494 e. The van der Waals surface area contributed by atoms with Crippen molar-refractivity contribution in [2.75, 3.05) is 17.2 Å². The van der Waals surface area contributed by atoms with Gasteiger partial charge < -0.3 is 15.4 Å². The van der Waals surface area contributed by atoms with Crippen molar-refractivity contribution in [2.24, 2.45) is 0 Å². The molecule has 0 aliphatic heterocycles. The zero-order valence-corrected chi connectivity index (χ0v) is 20.7. The van der Waals surface area contributed by atoms with Gasteiger partial charge in [0.25, 0.3) is 5.91 Å². The quantitative estimate of drug-likeness (QED) is 0.229. The van der Waals surface area contributed by atoms with Gasteiger partial charge in [-0.15, -0.1) is 0 Å². The second kappa shape index (κ2) is 13.9. The van der Waals surface area contributed by atoms with Gasteiger partial charge in [-0.2, -0.15) is 0 Å². The Morgan fingerprint density at radius 2 is 1.57 bits per heavy atom. The molecule has 0 aliphatic carbocycles. The summed E-state index contributed by atoms with van der Waals surface area (Å²) in [6.45, 7) is 2.81. The molecule has 0 atom stereocenters.